The molecule has 0 radical (unpaired) electrons. The van der Waals surface area contributed by atoms with Gasteiger partial charge < -0.3 is 9.30 Å². The van der Waals surface area contributed by atoms with Crippen molar-refractivity contribution < 1.29 is 4.74 Å². The summed E-state index contributed by atoms with van der Waals surface area (Å²) in [7, 11) is 0. The maximum Gasteiger partial charge on any atom is 0.165 e. The lowest BCUT2D eigenvalue weighted by molar-refractivity contribution is 0.242. The number of rotatable bonds is 6. The van der Waals surface area contributed by atoms with E-state index in [9.17, 15) is 0 Å². The first-order valence-corrected chi connectivity index (χ1v) is 11.4. The van der Waals surface area contributed by atoms with Crippen molar-refractivity contribution in [1.29, 1.82) is 0 Å². The summed E-state index contributed by atoms with van der Waals surface area (Å²) in [6.07, 6.45) is 4.53. The third kappa shape index (κ3) is 3.50. The molecule has 0 bridgehead atoms. The van der Waals surface area contributed by atoms with E-state index in [1.165, 1.54) is 22.1 Å². The Morgan fingerprint density at radius 2 is 1.58 bits per heavy atom. The number of hydrogen-bond donors (Lipinski definition) is 0. The summed E-state index contributed by atoms with van der Waals surface area (Å²) in [6.45, 7) is 17.1. The summed E-state index contributed by atoms with van der Waals surface area (Å²) in [5.41, 5.74) is 8.80. The standard InChI is InChI=1S/C26H34N4O/c1-9-20(10-2)29-12-11-22-18(7)27-25-24(19(8)28-30(25)26(22)29)23-16(5)13-21(14-17(23)6)31-15(3)4/h11-15,20H,9-10H2,1-8H3. The van der Waals surface area contributed by atoms with Crippen molar-refractivity contribution in [1.82, 2.24) is 19.2 Å². The van der Waals surface area contributed by atoms with Crippen molar-refractivity contribution in [2.24, 2.45) is 0 Å². The number of fused-ring (bicyclic) bond motifs is 3. The van der Waals surface area contributed by atoms with E-state index in [2.05, 4.69) is 88.9 Å². The van der Waals surface area contributed by atoms with Crippen LogP contribution < -0.4 is 4.74 Å². The van der Waals surface area contributed by atoms with E-state index >= 15 is 0 Å². The number of aromatic nitrogens is 4. The minimum Gasteiger partial charge on any atom is -0.491 e. The largest absolute Gasteiger partial charge is 0.491 e. The molecule has 4 rings (SSSR count). The van der Waals surface area contributed by atoms with Gasteiger partial charge in [-0.25, -0.2) is 4.98 Å². The Kier molecular flexibility index (Phi) is 5.54. The van der Waals surface area contributed by atoms with Gasteiger partial charge in [0.25, 0.3) is 0 Å². The van der Waals surface area contributed by atoms with E-state index in [0.29, 0.717) is 6.04 Å². The van der Waals surface area contributed by atoms with Gasteiger partial charge in [0.05, 0.1) is 23.1 Å². The highest BCUT2D eigenvalue weighted by atomic mass is 16.5. The average Bonchev–Trinajstić information content (AvgIpc) is 3.25. The summed E-state index contributed by atoms with van der Waals surface area (Å²) in [4.78, 5) is 5.03. The van der Waals surface area contributed by atoms with E-state index in [1.54, 1.807) is 0 Å². The van der Waals surface area contributed by atoms with Crippen LogP contribution in [0.1, 0.15) is 69.1 Å². The van der Waals surface area contributed by atoms with Crippen LogP contribution in [0.2, 0.25) is 0 Å². The molecule has 5 heteroatoms. The molecule has 5 nitrogen and oxygen atoms in total. The molecule has 3 heterocycles. The Balaban J connectivity index is 2.01. The molecule has 0 aliphatic carbocycles. The molecule has 4 aromatic rings. The zero-order chi connectivity index (χ0) is 22.4. The lowest BCUT2D eigenvalue weighted by atomic mass is 9.95. The van der Waals surface area contributed by atoms with Gasteiger partial charge in [0, 0.05) is 17.6 Å². The Morgan fingerprint density at radius 3 is 2.16 bits per heavy atom. The van der Waals surface area contributed by atoms with Crippen LogP contribution >= 0.6 is 0 Å². The van der Waals surface area contributed by atoms with Crippen molar-refractivity contribution >= 4 is 16.7 Å². The second-order valence-electron chi connectivity index (χ2n) is 8.92. The Labute approximate surface area is 185 Å². The van der Waals surface area contributed by atoms with Gasteiger partial charge in [0.2, 0.25) is 0 Å². The third-order valence-corrected chi connectivity index (χ3v) is 6.25. The minimum atomic E-state index is 0.152. The molecule has 0 N–H and O–H groups in total. The zero-order valence-electron chi connectivity index (χ0n) is 20.1. The van der Waals surface area contributed by atoms with Crippen LogP contribution in [-0.4, -0.2) is 25.3 Å². The lowest BCUT2D eigenvalue weighted by Gasteiger charge is -2.17. The number of aryl methyl sites for hydroxylation is 4. The predicted molar refractivity (Wildman–Crippen MR) is 128 cm³/mol. The summed E-state index contributed by atoms with van der Waals surface area (Å²) >= 11 is 0. The fraction of sp³-hybridized carbons (Fsp3) is 0.462. The summed E-state index contributed by atoms with van der Waals surface area (Å²) in [6, 6.07) is 6.89. The summed E-state index contributed by atoms with van der Waals surface area (Å²) < 4.78 is 10.4. The van der Waals surface area contributed by atoms with Crippen molar-refractivity contribution in [3.8, 4) is 16.9 Å². The van der Waals surface area contributed by atoms with Crippen molar-refractivity contribution in [2.75, 3.05) is 0 Å². The maximum absolute atomic E-state index is 5.96. The van der Waals surface area contributed by atoms with Crippen LogP contribution in [0.3, 0.4) is 0 Å². The number of nitrogens with zero attached hydrogens (tertiary/aromatic N) is 4. The van der Waals surface area contributed by atoms with Crippen molar-refractivity contribution in [3.05, 3.63) is 46.9 Å². The van der Waals surface area contributed by atoms with Crippen LogP contribution in [-0.2, 0) is 0 Å². The first-order valence-electron chi connectivity index (χ1n) is 11.4. The fourth-order valence-corrected chi connectivity index (χ4v) is 4.86. The van der Waals surface area contributed by atoms with Gasteiger partial charge in [-0.2, -0.15) is 9.61 Å². The van der Waals surface area contributed by atoms with E-state index in [4.69, 9.17) is 14.8 Å². The van der Waals surface area contributed by atoms with Crippen molar-refractivity contribution in [3.63, 3.8) is 0 Å². The quantitative estimate of drug-likeness (QED) is 0.348. The highest BCUT2D eigenvalue weighted by Crippen LogP contribution is 2.37. The molecular formula is C26H34N4O. The first-order chi connectivity index (χ1) is 14.8. The zero-order valence-corrected chi connectivity index (χ0v) is 20.1. The Morgan fingerprint density at radius 1 is 0.935 bits per heavy atom. The van der Waals surface area contributed by atoms with Crippen LogP contribution in [0.5, 0.6) is 5.75 Å². The molecule has 0 saturated heterocycles. The van der Waals surface area contributed by atoms with E-state index in [0.717, 1.165) is 46.8 Å². The molecule has 1 aromatic carbocycles. The molecule has 0 atom stereocenters. The van der Waals surface area contributed by atoms with Crippen LogP contribution in [0.15, 0.2) is 24.4 Å². The van der Waals surface area contributed by atoms with Gasteiger partial charge in [0.15, 0.2) is 5.65 Å². The van der Waals surface area contributed by atoms with Gasteiger partial charge in [-0.3, -0.25) is 0 Å². The number of ether oxygens (including phenoxy) is 1. The topological polar surface area (TPSA) is 44.3 Å². The highest BCUT2D eigenvalue weighted by Gasteiger charge is 2.22. The SMILES string of the molecule is CCC(CC)n1ccc2c(C)nc3c(-c4c(C)cc(OC(C)C)cc4C)c(C)nn3c21. The molecule has 0 spiro atoms. The van der Waals surface area contributed by atoms with Crippen LogP contribution in [0, 0.1) is 27.7 Å². The third-order valence-electron chi connectivity index (χ3n) is 6.25. The van der Waals surface area contributed by atoms with Gasteiger partial charge in [-0.05, 0) is 89.3 Å². The lowest BCUT2D eigenvalue weighted by Crippen LogP contribution is -2.09. The molecule has 0 unspecified atom stereocenters. The smallest absolute Gasteiger partial charge is 0.165 e. The molecule has 0 fully saturated rings. The fourth-order valence-electron chi connectivity index (χ4n) is 4.86. The number of benzene rings is 1. The van der Waals surface area contributed by atoms with Gasteiger partial charge in [-0.1, -0.05) is 13.8 Å². The number of hydrogen-bond acceptors (Lipinski definition) is 3. The Bertz CT molecular complexity index is 1230. The molecule has 164 valence electrons. The average molecular weight is 419 g/mol. The summed E-state index contributed by atoms with van der Waals surface area (Å²) in [5.74, 6) is 0.914. The predicted octanol–water partition coefficient (Wildman–Crippen LogP) is 6.73. The van der Waals surface area contributed by atoms with E-state index < -0.39 is 0 Å². The van der Waals surface area contributed by atoms with E-state index in [1.807, 2.05) is 0 Å². The van der Waals surface area contributed by atoms with Crippen LogP contribution in [0.25, 0.3) is 27.8 Å². The van der Waals surface area contributed by atoms with Gasteiger partial charge in [-0.15, -0.1) is 0 Å². The Hall–Kier alpha value is -2.82. The van der Waals surface area contributed by atoms with Crippen molar-refractivity contribution in [2.45, 2.75) is 80.4 Å². The summed E-state index contributed by atoms with van der Waals surface area (Å²) in [5, 5.41) is 6.17. The first kappa shape index (κ1) is 21.4. The maximum atomic E-state index is 5.96. The second-order valence-corrected chi connectivity index (χ2v) is 8.92. The minimum absolute atomic E-state index is 0.152. The normalized spacial score (nSPS) is 12.1. The molecule has 0 aliphatic heterocycles. The molecule has 31 heavy (non-hydrogen) atoms. The molecule has 0 aliphatic rings. The molecule has 0 saturated carbocycles. The van der Waals surface area contributed by atoms with Gasteiger partial charge >= 0.3 is 0 Å². The second kappa shape index (κ2) is 8.03. The van der Waals surface area contributed by atoms with E-state index in [-0.39, 0.29) is 6.10 Å². The van der Waals surface area contributed by atoms with Gasteiger partial charge in [0.1, 0.15) is 11.4 Å². The molecular weight excluding hydrogens is 384 g/mol. The molecule has 3 aromatic heterocycles. The monoisotopic (exact) mass is 418 g/mol. The highest BCUT2D eigenvalue weighted by molar-refractivity contribution is 5.89. The van der Waals surface area contributed by atoms with Crippen LogP contribution in [0.4, 0.5) is 0 Å². The molecule has 0 amide bonds.